The number of benzene rings is 1. The number of hydrogen-bond donors (Lipinski definition) is 1. The highest BCUT2D eigenvalue weighted by atomic mass is 32.1. The van der Waals surface area contributed by atoms with Crippen LogP contribution in [-0.2, 0) is 4.79 Å². The van der Waals surface area contributed by atoms with Gasteiger partial charge in [0.25, 0.3) is 0 Å². The molecule has 4 nitrogen and oxygen atoms in total. The molecule has 1 aliphatic heterocycles. The van der Waals surface area contributed by atoms with E-state index in [2.05, 4.69) is 4.98 Å². The van der Waals surface area contributed by atoms with Gasteiger partial charge in [0.05, 0.1) is 16.9 Å². The number of alkyl halides is 1. The SMILES string of the molecule is NC[C@@H](C(=O)N1CCC(CCF)CC1)c1nc2ccccc2s1. The van der Waals surface area contributed by atoms with Gasteiger partial charge in [-0.2, -0.15) is 0 Å². The Labute approximate surface area is 139 Å². The highest BCUT2D eigenvalue weighted by molar-refractivity contribution is 7.18. The number of aromatic nitrogens is 1. The predicted octanol–water partition coefficient (Wildman–Crippen LogP) is 2.94. The summed E-state index contributed by atoms with van der Waals surface area (Å²) in [5.41, 5.74) is 6.80. The lowest BCUT2D eigenvalue weighted by molar-refractivity contribution is -0.134. The van der Waals surface area contributed by atoms with Crippen molar-refractivity contribution < 1.29 is 9.18 Å². The van der Waals surface area contributed by atoms with Gasteiger partial charge in [0.2, 0.25) is 5.91 Å². The highest BCUT2D eigenvalue weighted by Gasteiger charge is 2.30. The van der Waals surface area contributed by atoms with Crippen LogP contribution in [0.2, 0.25) is 0 Å². The van der Waals surface area contributed by atoms with Crippen molar-refractivity contribution in [1.82, 2.24) is 9.88 Å². The van der Waals surface area contributed by atoms with Crippen LogP contribution in [0.5, 0.6) is 0 Å². The number of para-hydroxylation sites is 1. The maximum atomic E-state index is 12.8. The molecule has 2 aromatic rings. The molecule has 1 amide bonds. The third-order valence-electron chi connectivity index (χ3n) is 4.59. The number of halogens is 1. The zero-order valence-corrected chi connectivity index (χ0v) is 13.9. The van der Waals surface area contributed by atoms with Crippen molar-refractivity contribution in [2.45, 2.75) is 25.2 Å². The molecular weight excluding hydrogens is 313 g/mol. The maximum Gasteiger partial charge on any atom is 0.233 e. The zero-order chi connectivity index (χ0) is 16.2. The van der Waals surface area contributed by atoms with Crippen molar-refractivity contribution in [2.75, 3.05) is 26.3 Å². The molecule has 0 unspecified atom stereocenters. The smallest absolute Gasteiger partial charge is 0.233 e. The Morgan fingerprint density at radius 3 is 2.78 bits per heavy atom. The minimum Gasteiger partial charge on any atom is -0.342 e. The number of nitrogens with zero attached hydrogens (tertiary/aromatic N) is 2. The molecule has 1 atom stereocenters. The molecule has 124 valence electrons. The molecule has 0 saturated carbocycles. The van der Waals surface area contributed by atoms with E-state index in [4.69, 9.17) is 5.73 Å². The molecule has 0 radical (unpaired) electrons. The summed E-state index contributed by atoms with van der Waals surface area (Å²) < 4.78 is 13.5. The number of carbonyl (C=O) groups is 1. The first-order chi connectivity index (χ1) is 11.2. The van der Waals surface area contributed by atoms with Crippen molar-refractivity contribution in [2.24, 2.45) is 11.7 Å². The Balaban J connectivity index is 1.72. The lowest BCUT2D eigenvalue weighted by Gasteiger charge is -2.33. The van der Waals surface area contributed by atoms with E-state index in [1.807, 2.05) is 29.2 Å². The number of thiazole rings is 1. The molecule has 3 rings (SSSR count). The first kappa shape index (κ1) is 16.3. The molecule has 0 bridgehead atoms. The molecule has 1 saturated heterocycles. The van der Waals surface area contributed by atoms with Gasteiger partial charge in [0.1, 0.15) is 10.9 Å². The van der Waals surface area contributed by atoms with Crippen molar-refractivity contribution in [3.05, 3.63) is 29.3 Å². The predicted molar refractivity (Wildman–Crippen MR) is 91.3 cm³/mol. The fourth-order valence-corrected chi connectivity index (χ4v) is 4.24. The molecule has 23 heavy (non-hydrogen) atoms. The Morgan fingerprint density at radius 1 is 1.39 bits per heavy atom. The normalized spacial score (nSPS) is 17.6. The van der Waals surface area contributed by atoms with Crippen LogP contribution in [0, 0.1) is 5.92 Å². The topological polar surface area (TPSA) is 59.2 Å². The maximum absolute atomic E-state index is 12.8. The summed E-state index contributed by atoms with van der Waals surface area (Å²) in [6.07, 6.45) is 2.37. The van der Waals surface area contributed by atoms with Crippen molar-refractivity contribution in [3.8, 4) is 0 Å². The van der Waals surface area contributed by atoms with E-state index in [-0.39, 0.29) is 25.0 Å². The van der Waals surface area contributed by atoms with Gasteiger partial charge in [-0.25, -0.2) is 4.98 Å². The van der Waals surface area contributed by atoms with Crippen LogP contribution in [0.15, 0.2) is 24.3 Å². The Kier molecular flexibility index (Phi) is 5.23. The van der Waals surface area contributed by atoms with Gasteiger partial charge in [0.15, 0.2) is 0 Å². The van der Waals surface area contributed by atoms with Gasteiger partial charge < -0.3 is 10.6 Å². The van der Waals surface area contributed by atoms with E-state index in [0.29, 0.717) is 25.4 Å². The quantitative estimate of drug-likeness (QED) is 0.914. The minimum absolute atomic E-state index is 0.0604. The molecule has 6 heteroatoms. The lowest BCUT2D eigenvalue weighted by atomic mass is 9.93. The van der Waals surface area contributed by atoms with Crippen molar-refractivity contribution in [1.29, 1.82) is 0 Å². The Morgan fingerprint density at radius 2 is 2.13 bits per heavy atom. The van der Waals surface area contributed by atoms with Crippen LogP contribution in [0.25, 0.3) is 10.2 Å². The van der Waals surface area contributed by atoms with Crippen LogP contribution in [0.3, 0.4) is 0 Å². The van der Waals surface area contributed by atoms with Crippen molar-refractivity contribution in [3.63, 3.8) is 0 Å². The largest absolute Gasteiger partial charge is 0.342 e. The zero-order valence-electron chi connectivity index (χ0n) is 13.1. The first-order valence-electron chi connectivity index (χ1n) is 8.13. The third-order valence-corrected chi connectivity index (χ3v) is 5.74. The minimum atomic E-state index is -0.370. The second kappa shape index (κ2) is 7.36. The molecule has 0 spiro atoms. The average molecular weight is 335 g/mol. The summed E-state index contributed by atoms with van der Waals surface area (Å²) in [4.78, 5) is 19.3. The lowest BCUT2D eigenvalue weighted by Crippen LogP contribution is -2.42. The second-order valence-corrected chi connectivity index (χ2v) is 7.12. The Hall–Kier alpha value is -1.53. The van der Waals surface area contributed by atoms with Gasteiger partial charge in [0, 0.05) is 19.6 Å². The summed E-state index contributed by atoms with van der Waals surface area (Å²) in [5, 5.41) is 0.796. The van der Waals surface area contributed by atoms with Crippen LogP contribution in [0.1, 0.15) is 30.2 Å². The van der Waals surface area contributed by atoms with E-state index in [0.717, 1.165) is 28.1 Å². The van der Waals surface area contributed by atoms with Gasteiger partial charge in [-0.15, -0.1) is 11.3 Å². The molecule has 2 N–H and O–H groups in total. The molecule has 1 aromatic carbocycles. The number of nitrogens with two attached hydrogens (primary N) is 1. The second-order valence-electron chi connectivity index (χ2n) is 6.05. The van der Waals surface area contributed by atoms with E-state index >= 15 is 0 Å². The van der Waals surface area contributed by atoms with E-state index in [9.17, 15) is 9.18 Å². The summed E-state index contributed by atoms with van der Waals surface area (Å²) in [7, 11) is 0. The summed E-state index contributed by atoms with van der Waals surface area (Å²) in [6.45, 7) is 1.40. The number of amides is 1. The van der Waals surface area contributed by atoms with Gasteiger partial charge in [-0.05, 0) is 37.3 Å². The molecular formula is C17H22FN3OS. The van der Waals surface area contributed by atoms with E-state index in [1.165, 1.54) is 0 Å². The number of hydrogen-bond acceptors (Lipinski definition) is 4. The number of likely N-dealkylation sites (tertiary alicyclic amines) is 1. The fraction of sp³-hybridized carbons (Fsp3) is 0.529. The number of rotatable bonds is 5. The van der Waals surface area contributed by atoms with E-state index in [1.54, 1.807) is 11.3 Å². The summed E-state index contributed by atoms with van der Waals surface area (Å²) in [6, 6.07) is 7.88. The molecule has 1 aliphatic rings. The van der Waals surface area contributed by atoms with Gasteiger partial charge in [-0.1, -0.05) is 12.1 Å². The first-order valence-corrected chi connectivity index (χ1v) is 8.95. The molecule has 0 aliphatic carbocycles. The Bertz CT molecular complexity index is 634. The number of carbonyl (C=O) groups excluding carboxylic acids is 1. The molecule has 2 heterocycles. The standard InChI is InChI=1S/C17H22FN3OS/c18-8-5-12-6-9-21(10-7-12)17(22)13(11-19)16-20-14-3-1-2-4-15(14)23-16/h1-4,12-13H,5-11,19H2/t13-/m1/s1. The average Bonchev–Trinajstić information content (AvgIpc) is 3.00. The number of fused-ring (bicyclic) bond motifs is 1. The van der Waals surface area contributed by atoms with Gasteiger partial charge >= 0.3 is 0 Å². The van der Waals surface area contributed by atoms with Crippen molar-refractivity contribution >= 4 is 27.5 Å². The highest BCUT2D eigenvalue weighted by Crippen LogP contribution is 2.29. The van der Waals surface area contributed by atoms with Crippen LogP contribution < -0.4 is 5.73 Å². The molecule has 1 aromatic heterocycles. The monoisotopic (exact) mass is 335 g/mol. The van der Waals surface area contributed by atoms with Crippen LogP contribution in [0.4, 0.5) is 4.39 Å². The summed E-state index contributed by atoms with van der Waals surface area (Å²) in [5.74, 6) is 0.0956. The summed E-state index contributed by atoms with van der Waals surface area (Å²) >= 11 is 1.54. The van der Waals surface area contributed by atoms with Gasteiger partial charge in [-0.3, -0.25) is 9.18 Å². The van der Waals surface area contributed by atoms with Crippen LogP contribution >= 0.6 is 11.3 Å². The molecule has 1 fully saturated rings. The number of piperidine rings is 1. The fourth-order valence-electron chi connectivity index (χ4n) is 3.16. The van der Waals surface area contributed by atoms with E-state index < -0.39 is 0 Å². The van der Waals surface area contributed by atoms with Crippen LogP contribution in [-0.4, -0.2) is 42.1 Å². The third kappa shape index (κ3) is 3.53.